The minimum Gasteiger partial charge on any atom is -0.305 e. The van der Waals surface area contributed by atoms with Gasteiger partial charge in [-0.2, -0.15) is 0 Å². The van der Waals surface area contributed by atoms with Crippen molar-refractivity contribution in [2.75, 3.05) is 0 Å². The molecule has 0 spiro atoms. The maximum Gasteiger partial charge on any atom is 0.191 e. The minimum atomic E-state index is 0.814. The maximum atomic E-state index is 4.37. The van der Waals surface area contributed by atoms with Crippen LogP contribution in [0.3, 0.4) is 0 Å². The fourth-order valence-corrected chi connectivity index (χ4v) is 3.72. The lowest BCUT2D eigenvalue weighted by molar-refractivity contribution is 0.679. The van der Waals surface area contributed by atoms with Crippen molar-refractivity contribution in [1.29, 1.82) is 0 Å². The van der Waals surface area contributed by atoms with Crippen molar-refractivity contribution < 1.29 is 0 Å². The van der Waals surface area contributed by atoms with E-state index in [1.807, 2.05) is 36.1 Å². The molecule has 144 valence electrons. The number of aromatic nitrogens is 4. The molecule has 0 radical (unpaired) electrons. The lowest BCUT2D eigenvalue weighted by Crippen LogP contribution is -1.96. The molecule has 0 unspecified atom stereocenters. The molecular weight excluding hydrogens is 364 g/mol. The molecule has 2 aromatic heterocycles. The zero-order chi connectivity index (χ0) is 19.6. The van der Waals surface area contributed by atoms with Crippen LogP contribution in [0.2, 0.25) is 0 Å². The third kappa shape index (κ3) is 5.71. The number of hydrogen-bond acceptors (Lipinski definition) is 4. The Kier molecular flexibility index (Phi) is 7.69. The summed E-state index contributed by atoms with van der Waals surface area (Å²) in [5, 5.41) is 9.62. The fraction of sp³-hybridized carbons (Fsp3) is 0.348. The van der Waals surface area contributed by atoms with Crippen molar-refractivity contribution in [3.8, 4) is 23.2 Å². The average Bonchev–Trinajstić information content (AvgIpc) is 3.10. The van der Waals surface area contributed by atoms with Gasteiger partial charge >= 0.3 is 0 Å². The van der Waals surface area contributed by atoms with Crippen LogP contribution in [0.1, 0.15) is 50.2 Å². The van der Waals surface area contributed by atoms with E-state index in [-0.39, 0.29) is 0 Å². The molecule has 0 bridgehead atoms. The predicted molar refractivity (Wildman–Crippen MR) is 116 cm³/mol. The van der Waals surface area contributed by atoms with Gasteiger partial charge in [-0.05, 0) is 18.1 Å². The molecule has 28 heavy (non-hydrogen) atoms. The van der Waals surface area contributed by atoms with E-state index in [1.165, 1.54) is 31.2 Å². The highest BCUT2D eigenvalue weighted by atomic mass is 32.2. The first kappa shape index (κ1) is 20.2. The van der Waals surface area contributed by atoms with Crippen molar-refractivity contribution in [2.45, 2.75) is 49.9 Å². The highest BCUT2D eigenvalue weighted by Crippen LogP contribution is 2.25. The van der Waals surface area contributed by atoms with Crippen LogP contribution in [0, 0.1) is 11.8 Å². The Hall–Kier alpha value is -2.58. The molecule has 5 heteroatoms. The SMILES string of the molecule is CCCCCCC#Cc1cncc(-c2nnc(SCc3ccccc3)n2C)c1. The standard InChI is InChI=1S/C23H26N4S/c1-3-4-5-6-7-9-14-20-15-21(17-24-16-20)22-25-26-23(27(22)2)28-18-19-12-10-8-11-13-19/h8,10-13,15-17H,3-7,18H2,1-2H3. The molecule has 0 aliphatic rings. The number of hydrogen-bond donors (Lipinski definition) is 0. The highest BCUT2D eigenvalue weighted by Gasteiger charge is 2.12. The Balaban J connectivity index is 1.65. The Morgan fingerprint density at radius 1 is 1.04 bits per heavy atom. The smallest absolute Gasteiger partial charge is 0.191 e. The van der Waals surface area contributed by atoms with Gasteiger partial charge in [0.25, 0.3) is 0 Å². The van der Waals surface area contributed by atoms with E-state index in [1.54, 1.807) is 11.8 Å². The Morgan fingerprint density at radius 3 is 2.71 bits per heavy atom. The summed E-state index contributed by atoms with van der Waals surface area (Å²) in [7, 11) is 1.99. The van der Waals surface area contributed by atoms with E-state index < -0.39 is 0 Å². The summed E-state index contributed by atoms with van der Waals surface area (Å²) >= 11 is 1.68. The number of thioether (sulfide) groups is 1. The number of pyridine rings is 1. The molecule has 3 aromatic rings. The van der Waals surface area contributed by atoms with Crippen LogP contribution in [0.5, 0.6) is 0 Å². The summed E-state index contributed by atoms with van der Waals surface area (Å²) in [5.41, 5.74) is 3.14. The first-order chi connectivity index (χ1) is 13.8. The molecule has 1 aromatic carbocycles. The molecule has 0 N–H and O–H groups in total. The Bertz CT molecular complexity index is 938. The molecule has 0 amide bonds. The van der Waals surface area contributed by atoms with Crippen molar-refractivity contribution in [3.63, 3.8) is 0 Å². The van der Waals surface area contributed by atoms with Gasteiger partial charge in [-0.25, -0.2) is 0 Å². The molecule has 0 aliphatic carbocycles. The second-order valence-corrected chi connectivity index (χ2v) is 7.66. The quantitative estimate of drug-likeness (QED) is 0.290. The largest absolute Gasteiger partial charge is 0.305 e. The Morgan fingerprint density at radius 2 is 1.89 bits per heavy atom. The van der Waals surface area contributed by atoms with Crippen LogP contribution < -0.4 is 0 Å². The molecule has 3 rings (SSSR count). The van der Waals surface area contributed by atoms with Crippen molar-refractivity contribution in [2.24, 2.45) is 7.05 Å². The van der Waals surface area contributed by atoms with Gasteiger partial charge < -0.3 is 4.57 Å². The van der Waals surface area contributed by atoms with Crippen LogP contribution in [-0.4, -0.2) is 19.7 Å². The zero-order valence-electron chi connectivity index (χ0n) is 16.6. The summed E-state index contributed by atoms with van der Waals surface area (Å²) in [5.74, 6) is 8.17. The first-order valence-electron chi connectivity index (χ1n) is 9.78. The number of benzene rings is 1. The van der Waals surface area contributed by atoms with Gasteiger partial charge in [-0.3, -0.25) is 4.98 Å². The number of unbranched alkanes of at least 4 members (excludes halogenated alkanes) is 4. The van der Waals surface area contributed by atoms with E-state index in [9.17, 15) is 0 Å². The molecule has 0 saturated heterocycles. The summed E-state index contributed by atoms with van der Waals surface area (Å²) < 4.78 is 2.02. The topological polar surface area (TPSA) is 43.6 Å². The van der Waals surface area contributed by atoms with Crippen LogP contribution in [0.15, 0.2) is 53.9 Å². The maximum absolute atomic E-state index is 4.37. The van der Waals surface area contributed by atoms with Gasteiger partial charge in [0.05, 0.1) is 0 Å². The van der Waals surface area contributed by atoms with E-state index in [0.29, 0.717) is 0 Å². The predicted octanol–water partition coefficient (Wildman–Crippen LogP) is 5.49. The first-order valence-corrected chi connectivity index (χ1v) is 10.8. The molecule has 0 fully saturated rings. The van der Waals surface area contributed by atoms with E-state index in [2.05, 4.69) is 58.2 Å². The summed E-state index contributed by atoms with van der Waals surface area (Å²) in [6, 6.07) is 12.4. The zero-order valence-corrected chi connectivity index (χ0v) is 17.4. The molecule has 0 atom stereocenters. The molecular formula is C23H26N4S. The summed E-state index contributed by atoms with van der Waals surface area (Å²) in [4.78, 5) is 4.34. The van der Waals surface area contributed by atoms with Crippen molar-refractivity contribution >= 4 is 11.8 Å². The summed E-state index contributed by atoms with van der Waals surface area (Å²) in [6.07, 6.45) is 9.53. The van der Waals surface area contributed by atoms with Crippen LogP contribution >= 0.6 is 11.8 Å². The Labute approximate surface area is 171 Å². The highest BCUT2D eigenvalue weighted by molar-refractivity contribution is 7.98. The van der Waals surface area contributed by atoms with Crippen LogP contribution in [0.25, 0.3) is 11.4 Å². The van der Waals surface area contributed by atoms with Gasteiger partial charge in [-0.1, -0.05) is 80.1 Å². The van der Waals surface area contributed by atoms with E-state index in [4.69, 9.17) is 0 Å². The second-order valence-electron chi connectivity index (χ2n) is 6.71. The average molecular weight is 391 g/mol. The van der Waals surface area contributed by atoms with Crippen molar-refractivity contribution in [1.82, 2.24) is 19.7 Å². The van der Waals surface area contributed by atoms with Crippen LogP contribution in [-0.2, 0) is 12.8 Å². The van der Waals surface area contributed by atoms with Gasteiger partial charge in [-0.15, -0.1) is 10.2 Å². The molecule has 4 nitrogen and oxygen atoms in total. The van der Waals surface area contributed by atoms with E-state index >= 15 is 0 Å². The molecule has 2 heterocycles. The van der Waals surface area contributed by atoms with Gasteiger partial charge in [0.2, 0.25) is 0 Å². The third-order valence-electron chi connectivity index (χ3n) is 4.43. The lowest BCUT2D eigenvalue weighted by atomic mass is 10.1. The van der Waals surface area contributed by atoms with Crippen LogP contribution in [0.4, 0.5) is 0 Å². The number of nitrogens with zero attached hydrogens (tertiary/aromatic N) is 4. The summed E-state index contributed by atoms with van der Waals surface area (Å²) in [6.45, 7) is 2.22. The van der Waals surface area contributed by atoms with Gasteiger partial charge in [0.15, 0.2) is 11.0 Å². The van der Waals surface area contributed by atoms with Gasteiger partial charge in [0.1, 0.15) is 0 Å². The molecule has 0 aliphatic heterocycles. The second kappa shape index (κ2) is 10.7. The normalized spacial score (nSPS) is 10.5. The van der Waals surface area contributed by atoms with Gasteiger partial charge in [0, 0.05) is 42.7 Å². The number of rotatable bonds is 8. The lowest BCUT2D eigenvalue weighted by Gasteiger charge is -2.04. The monoisotopic (exact) mass is 390 g/mol. The fourth-order valence-electron chi connectivity index (χ4n) is 2.85. The van der Waals surface area contributed by atoms with E-state index in [0.717, 1.165) is 34.3 Å². The minimum absolute atomic E-state index is 0.814. The molecule has 0 saturated carbocycles. The third-order valence-corrected chi connectivity index (χ3v) is 5.52. The van der Waals surface area contributed by atoms with Crippen molar-refractivity contribution in [3.05, 3.63) is 59.9 Å².